The van der Waals surface area contributed by atoms with Crippen molar-refractivity contribution < 1.29 is 19.1 Å². The third-order valence-electron chi connectivity index (χ3n) is 6.86. The topological polar surface area (TPSA) is 55.8 Å². The Hall–Kier alpha value is -3.08. The van der Waals surface area contributed by atoms with Crippen LogP contribution >= 0.6 is 0 Å². The summed E-state index contributed by atoms with van der Waals surface area (Å²) in [6, 6.07) is 18.9. The lowest BCUT2D eigenvalue weighted by molar-refractivity contribution is -0.143. The maximum absolute atomic E-state index is 13.9. The molecule has 1 saturated carbocycles. The second kappa shape index (κ2) is 10.9. The quantitative estimate of drug-likeness (QED) is 0.443. The highest BCUT2D eigenvalue weighted by Gasteiger charge is 2.53. The van der Waals surface area contributed by atoms with Crippen molar-refractivity contribution in [3.8, 4) is 0 Å². The number of ether oxygens (including phenoxy) is 2. The Bertz CT molecular complexity index is 1010. The average molecular weight is 462 g/mol. The van der Waals surface area contributed by atoms with E-state index in [1.165, 1.54) is 11.1 Å². The van der Waals surface area contributed by atoms with E-state index in [4.69, 9.17) is 9.47 Å². The zero-order valence-corrected chi connectivity index (χ0v) is 20.3. The van der Waals surface area contributed by atoms with Crippen LogP contribution in [0.4, 0.5) is 0 Å². The minimum Gasteiger partial charge on any atom is -0.481 e. The summed E-state index contributed by atoms with van der Waals surface area (Å²) >= 11 is 0. The first-order chi connectivity index (χ1) is 16.6. The number of hydrogen-bond acceptors (Lipinski definition) is 4. The predicted molar refractivity (Wildman–Crippen MR) is 132 cm³/mol. The van der Waals surface area contributed by atoms with Crippen molar-refractivity contribution in [2.75, 3.05) is 19.7 Å². The maximum Gasteiger partial charge on any atom is 0.373 e. The van der Waals surface area contributed by atoms with Gasteiger partial charge in [0.05, 0.1) is 18.6 Å². The van der Waals surface area contributed by atoms with Crippen LogP contribution in [0, 0.1) is 0 Å². The zero-order chi connectivity index (χ0) is 24.0. The van der Waals surface area contributed by atoms with Crippen LogP contribution in [0.25, 0.3) is 0 Å². The maximum atomic E-state index is 13.9. The van der Waals surface area contributed by atoms with Gasteiger partial charge in [-0.15, -0.1) is 0 Å². The van der Waals surface area contributed by atoms with Crippen LogP contribution in [0.15, 0.2) is 66.4 Å². The molecule has 5 heteroatoms. The fraction of sp³-hybridized carbons (Fsp3) is 0.448. The molecule has 0 saturated heterocycles. The third kappa shape index (κ3) is 5.52. The van der Waals surface area contributed by atoms with Gasteiger partial charge in [0.15, 0.2) is 0 Å². The molecule has 180 valence electrons. The number of rotatable bonds is 11. The van der Waals surface area contributed by atoms with Crippen molar-refractivity contribution in [2.45, 2.75) is 63.9 Å². The number of esters is 1. The van der Waals surface area contributed by atoms with Crippen LogP contribution in [0.1, 0.15) is 56.2 Å². The van der Waals surface area contributed by atoms with Gasteiger partial charge in [-0.05, 0) is 61.8 Å². The van der Waals surface area contributed by atoms with E-state index >= 15 is 0 Å². The highest BCUT2D eigenvalue weighted by Crippen LogP contribution is 2.49. The molecule has 0 aromatic heterocycles. The summed E-state index contributed by atoms with van der Waals surface area (Å²) in [6.45, 7) is 5.37. The Kier molecular flexibility index (Phi) is 7.71. The van der Waals surface area contributed by atoms with Crippen molar-refractivity contribution in [1.82, 2.24) is 4.90 Å². The lowest BCUT2D eigenvalue weighted by Gasteiger charge is -2.30. The molecule has 2 aromatic rings. The number of benzene rings is 2. The van der Waals surface area contributed by atoms with Crippen molar-refractivity contribution in [3.05, 3.63) is 83.1 Å². The third-order valence-corrected chi connectivity index (χ3v) is 6.86. The number of nitrogens with zero attached hydrogens (tertiary/aromatic N) is 1. The van der Waals surface area contributed by atoms with E-state index in [0.29, 0.717) is 26.1 Å². The first-order valence-corrected chi connectivity index (χ1v) is 12.5. The van der Waals surface area contributed by atoms with Gasteiger partial charge in [0.25, 0.3) is 0 Å². The molecule has 1 amide bonds. The highest BCUT2D eigenvalue weighted by atomic mass is 16.6. The van der Waals surface area contributed by atoms with Crippen LogP contribution in [-0.4, -0.2) is 42.6 Å². The van der Waals surface area contributed by atoms with Crippen molar-refractivity contribution in [2.24, 2.45) is 0 Å². The molecule has 1 atom stereocenters. The summed E-state index contributed by atoms with van der Waals surface area (Å²) in [5.74, 6) is 0.0134. The van der Waals surface area contributed by atoms with Gasteiger partial charge >= 0.3 is 5.97 Å². The zero-order valence-electron chi connectivity index (χ0n) is 20.3. The molecule has 1 aliphatic heterocycles. The summed E-state index contributed by atoms with van der Waals surface area (Å²) in [6.07, 6.45) is 6.71. The summed E-state index contributed by atoms with van der Waals surface area (Å²) < 4.78 is 11.0. The summed E-state index contributed by atoms with van der Waals surface area (Å²) in [5.41, 5.74) is 3.24. The Balaban J connectivity index is 1.45. The van der Waals surface area contributed by atoms with Gasteiger partial charge in [-0.3, -0.25) is 4.79 Å². The number of hydrogen-bond donors (Lipinski definition) is 0. The van der Waals surface area contributed by atoms with Crippen LogP contribution in [0.5, 0.6) is 0 Å². The lowest BCUT2D eigenvalue weighted by Crippen LogP contribution is -2.44. The lowest BCUT2D eigenvalue weighted by atomic mass is 9.92. The van der Waals surface area contributed by atoms with Gasteiger partial charge in [0.1, 0.15) is 6.10 Å². The van der Waals surface area contributed by atoms with E-state index in [-0.39, 0.29) is 17.8 Å². The van der Waals surface area contributed by atoms with Gasteiger partial charge in [-0.1, -0.05) is 61.5 Å². The van der Waals surface area contributed by atoms with Crippen LogP contribution in [0.2, 0.25) is 0 Å². The Morgan fingerprint density at radius 3 is 2.41 bits per heavy atom. The van der Waals surface area contributed by atoms with E-state index in [9.17, 15) is 9.59 Å². The second-order valence-corrected chi connectivity index (χ2v) is 9.24. The molecule has 0 spiro atoms. The number of amides is 1. The molecule has 4 rings (SSSR count). The monoisotopic (exact) mass is 461 g/mol. The van der Waals surface area contributed by atoms with E-state index in [2.05, 4.69) is 43.3 Å². The van der Waals surface area contributed by atoms with E-state index in [1.54, 1.807) is 13.0 Å². The molecule has 5 nitrogen and oxygen atoms in total. The molecule has 34 heavy (non-hydrogen) atoms. The average Bonchev–Trinajstić information content (AvgIpc) is 3.55. The number of aryl methyl sites for hydroxylation is 2. The SMILES string of the molecule is CCOC(=O)C1=CCC(CN(CCCc2ccccc2)C(=O)C2(c3ccc(CC)cc3)CC2)O1. The molecule has 1 unspecified atom stereocenters. The molecule has 0 radical (unpaired) electrons. The molecular weight excluding hydrogens is 426 g/mol. The van der Waals surface area contributed by atoms with E-state index < -0.39 is 11.4 Å². The number of carbonyl (C=O) groups is 2. The van der Waals surface area contributed by atoms with E-state index in [0.717, 1.165) is 37.7 Å². The first-order valence-electron chi connectivity index (χ1n) is 12.5. The Morgan fingerprint density at radius 1 is 1.03 bits per heavy atom. The molecule has 1 heterocycles. The van der Waals surface area contributed by atoms with Crippen LogP contribution in [0.3, 0.4) is 0 Å². The predicted octanol–water partition coefficient (Wildman–Crippen LogP) is 4.98. The normalized spacial score (nSPS) is 18.1. The summed E-state index contributed by atoms with van der Waals surface area (Å²) in [4.78, 5) is 27.9. The largest absolute Gasteiger partial charge is 0.481 e. The molecule has 1 aliphatic carbocycles. The van der Waals surface area contributed by atoms with Gasteiger partial charge in [0.2, 0.25) is 11.7 Å². The standard InChI is InChI=1S/C29H35NO4/c1-3-22-12-14-24(15-13-22)29(18-19-29)28(32)30(20-8-11-23-9-6-5-7-10-23)21-25-16-17-26(34-25)27(31)33-4-2/h5-7,9-10,12-15,17,25H,3-4,8,11,16,18-21H2,1-2H3. The van der Waals surface area contributed by atoms with E-state index in [1.807, 2.05) is 23.1 Å². The molecule has 2 aliphatic rings. The minimum atomic E-state index is -0.429. The van der Waals surface area contributed by atoms with Crippen molar-refractivity contribution in [3.63, 3.8) is 0 Å². The van der Waals surface area contributed by atoms with Gasteiger partial charge in [-0.2, -0.15) is 0 Å². The Morgan fingerprint density at radius 2 is 1.76 bits per heavy atom. The smallest absolute Gasteiger partial charge is 0.373 e. The Labute approximate surface area is 202 Å². The van der Waals surface area contributed by atoms with Crippen molar-refractivity contribution in [1.29, 1.82) is 0 Å². The van der Waals surface area contributed by atoms with Gasteiger partial charge in [0, 0.05) is 13.0 Å². The summed E-state index contributed by atoms with van der Waals surface area (Å²) in [5, 5.41) is 0. The highest BCUT2D eigenvalue weighted by molar-refractivity contribution is 5.91. The summed E-state index contributed by atoms with van der Waals surface area (Å²) in [7, 11) is 0. The molecule has 0 bridgehead atoms. The van der Waals surface area contributed by atoms with Crippen molar-refractivity contribution >= 4 is 11.9 Å². The number of carbonyl (C=O) groups excluding carboxylic acids is 2. The van der Waals surface area contributed by atoms with Gasteiger partial charge < -0.3 is 14.4 Å². The fourth-order valence-corrected chi connectivity index (χ4v) is 4.71. The molecular formula is C29H35NO4. The van der Waals surface area contributed by atoms with Crippen LogP contribution < -0.4 is 0 Å². The molecule has 2 aromatic carbocycles. The second-order valence-electron chi connectivity index (χ2n) is 9.24. The minimum absolute atomic E-state index is 0.179. The molecule has 1 fully saturated rings. The first kappa shape index (κ1) is 24.1. The molecule has 0 N–H and O–H groups in total. The van der Waals surface area contributed by atoms with Gasteiger partial charge in [-0.25, -0.2) is 4.79 Å². The fourth-order valence-electron chi connectivity index (χ4n) is 4.71. The van der Waals surface area contributed by atoms with Crippen LogP contribution in [-0.2, 0) is 37.3 Å².